The Balaban J connectivity index is 2.28. The predicted octanol–water partition coefficient (Wildman–Crippen LogP) is 3.67. The van der Waals surface area contributed by atoms with Crippen LogP contribution in [0.25, 0.3) is 0 Å². The molecule has 21 heavy (non-hydrogen) atoms. The van der Waals surface area contributed by atoms with Crippen molar-refractivity contribution in [3.63, 3.8) is 0 Å². The van der Waals surface area contributed by atoms with Crippen LogP contribution in [-0.2, 0) is 5.88 Å². The van der Waals surface area contributed by atoms with Crippen LogP contribution in [0.3, 0.4) is 0 Å². The average Bonchev–Trinajstić information content (AvgIpc) is 2.51. The molecule has 0 fully saturated rings. The number of methoxy groups -OCH3 is 1. The molecule has 1 N–H and O–H groups in total. The Bertz CT molecular complexity index is 620. The molecule has 0 saturated carbocycles. The number of halogens is 1. The van der Waals surface area contributed by atoms with E-state index in [1.165, 1.54) is 6.33 Å². The number of aromatic nitrogens is 2. The molecule has 0 radical (unpaired) electrons. The number of anilines is 2. The van der Waals surface area contributed by atoms with Crippen LogP contribution in [0.1, 0.15) is 18.1 Å². The molecule has 2 aromatic rings. The van der Waals surface area contributed by atoms with Gasteiger partial charge in [-0.15, -0.1) is 11.6 Å². The maximum absolute atomic E-state index is 5.97. The summed E-state index contributed by atoms with van der Waals surface area (Å²) < 4.78 is 10.7. The Labute approximate surface area is 129 Å². The fourth-order valence-electron chi connectivity index (χ4n) is 1.96. The number of rotatable bonds is 6. The van der Waals surface area contributed by atoms with Gasteiger partial charge in [0, 0.05) is 11.3 Å². The molecule has 0 unspecified atom stereocenters. The fourth-order valence-corrected chi connectivity index (χ4v) is 2.17. The van der Waals surface area contributed by atoms with Crippen LogP contribution in [-0.4, -0.2) is 23.7 Å². The molecule has 0 aliphatic heterocycles. The summed E-state index contributed by atoms with van der Waals surface area (Å²) in [5.41, 5.74) is 2.67. The maximum atomic E-state index is 5.97. The van der Waals surface area contributed by atoms with Gasteiger partial charge in [-0.05, 0) is 32.0 Å². The van der Waals surface area contributed by atoms with Crippen molar-refractivity contribution in [3.05, 3.63) is 35.7 Å². The van der Waals surface area contributed by atoms with E-state index in [1.54, 1.807) is 7.11 Å². The van der Waals surface area contributed by atoms with Gasteiger partial charge in [-0.25, -0.2) is 9.97 Å². The molecular formula is C15H18ClN3O2. The highest BCUT2D eigenvalue weighted by molar-refractivity contribution is 6.17. The quantitative estimate of drug-likeness (QED) is 0.825. The highest BCUT2D eigenvalue weighted by atomic mass is 35.5. The first-order valence-electron chi connectivity index (χ1n) is 6.63. The highest BCUT2D eigenvalue weighted by Gasteiger charge is 2.09. The predicted molar refractivity (Wildman–Crippen MR) is 83.8 cm³/mol. The largest absolute Gasteiger partial charge is 0.494 e. The fraction of sp³-hybridized carbons (Fsp3) is 0.333. The molecule has 1 aromatic carbocycles. The molecule has 1 aromatic heterocycles. The van der Waals surface area contributed by atoms with Crippen LogP contribution in [0.15, 0.2) is 24.5 Å². The first-order valence-corrected chi connectivity index (χ1v) is 7.17. The van der Waals surface area contributed by atoms with E-state index in [4.69, 9.17) is 21.1 Å². The van der Waals surface area contributed by atoms with Gasteiger partial charge in [0.25, 0.3) is 0 Å². The summed E-state index contributed by atoms with van der Waals surface area (Å²) in [4.78, 5) is 8.29. The first kappa shape index (κ1) is 15.4. The second-order valence-electron chi connectivity index (χ2n) is 4.37. The Morgan fingerprint density at radius 3 is 2.76 bits per heavy atom. The van der Waals surface area contributed by atoms with E-state index in [2.05, 4.69) is 15.3 Å². The van der Waals surface area contributed by atoms with E-state index in [0.717, 1.165) is 22.6 Å². The van der Waals surface area contributed by atoms with Crippen molar-refractivity contribution in [2.45, 2.75) is 19.7 Å². The Morgan fingerprint density at radius 1 is 1.29 bits per heavy atom. The molecule has 112 valence electrons. The van der Waals surface area contributed by atoms with Crippen molar-refractivity contribution in [2.75, 3.05) is 19.0 Å². The molecular weight excluding hydrogens is 290 g/mol. The van der Waals surface area contributed by atoms with Crippen LogP contribution in [0.5, 0.6) is 11.6 Å². The molecule has 0 saturated heterocycles. The van der Waals surface area contributed by atoms with E-state index < -0.39 is 0 Å². The first-order chi connectivity index (χ1) is 10.2. The zero-order valence-electron chi connectivity index (χ0n) is 12.3. The van der Waals surface area contributed by atoms with Crippen LogP contribution in [0, 0.1) is 6.92 Å². The topological polar surface area (TPSA) is 56.3 Å². The molecule has 2 rings (SSSR count). The van der Waals surface area contributed by atoms with Gasteiger partial charge in [0.15, 0.2) is 0 Å². The summed E-state index contributed by atoms with van der Waals surface area (Å²) in [6, 6.07) is 5.78. The lowest BCUT2D eigenvalue weighted by Gasteiger charge is -2.13. The van der Waals surface area contributed by atoms with E-state index in [0.29, 0.717) is 24.2 Å². The molecule has 0 bridgehead atoms. The Morgan fingerprint density at radius 2 is 2.10 bits per heavy atom. The second-order valence-corrected chi connectivity index (χ2v) is 4.64. The Hall–Kier alpha value is -2.01. The molecule has 6 heteroatoms. The van der Waals surface area contributed by atoms with Gasteiger partial charge >= 0.3 is 0 Å². The van der Waals surface area contributed by atoms with Gasteiger partial charge in [0.1, 0.15) is 17.9 Å². The number of hydrogen-bond acceptors (Lipinski definition) is 5. The van der Waals surface area contributed by atoms with Crippen molar-refractivity contribution in [1.82, 2.24) is 9.97 Å². The van der Waals surface area contributed by atoms with Gasteiger partial charge in [-0.2, -0.15) is 0 Å². The number of hydrogen-bond donors (Lipinski definition) is 1. The number of nitrogens with zero attached hydrogens (tertiary/aromatic N) is 2. The van der Waals surface area contributed by atoms with Crippen molar-refractivity contribution >= 4 is 23.1 Å². The third-order valence-electron chi connectivity index (χ3n) is 3.00. The third kappa shape index (κ3) is 3.55. The standard InChI is InChI=1S/C15H18ClN3O2/c1-4-21-13-6-5-12(7-11(13)8-16)19-14-10(2)15(20-3)18-9-17-14/h5-7,9H,4,8H2,1-3H3,(H,17,18,19). The molecule has 0 aliphatic carbocycles. The summed E-state index contributed by atoms with van der Waals surface area (Å²) in [5, 5.41) is 3.25. The number of alkyl halides is 1. The summed E-state index contributed by atoms with van der Waals surface area (Å²) in [7, 11) is 1.58. The van der Waals surface area contributed by atoms with Crippen LogP contribution in [0.2, 0.25) is 0 Å². The van der Waals surface area contributed by atoms with Crippen LogP contribution >= 0.6 is 11.6 Å². The Kier molecular flexibility index (Phi) is 5.22. The van der Waals surface area contributed by atoms with Gasteiger partial charge in [-0.3, -0.25) is 0 Å². The monoisotopic (exact) mass is 307 g/mol. The third-order valence-corrected chi connectivity index (χ3v) is 3.29. The lowest BCUT2D eigenvalue weighted by atomic mass is 10.2. The minimum atomic E-state index is 0.386. The highest BCUT2D eigenvalue weighted by Crippen LogP contribution is 2.28. The lowest BCUT2D eigenvalue weighted by molar-refractivity contribution is 0.337. The smallest absolute Gasteiger partial charge is 0.221 e. The molecule has 0 aliphatic rings. The SMILES string of the molecule is CCOc1ccc(Nc2ncnc(OC)c2C)cc1CCl. The molecule has 5 nitrogen and oxygen atoms in total. The zero-order valence-corrected chi connectivity index (χ0v) is 13.1. The summed E-state index contributed by atoms with van der Waals surface area (Å²) in [6.45, 7) is 4.46. The van der Waals surface area contributed by atoms with Crippen LogP contribution < -0.4 is 14.8 Å². The van der Waals surface area contributed by atoms with E-state index in [-0.39, 0.29) is 0 Å². The summed E-state index contributed by atoms with van der Waals surface area (Å²) in [6.07, 6.45) is 1.46. The van der Waals surface area contributed by atoms with E-state index in [9.17, 15) is 0 Å². The zero-order chi connectivity index (χ0) is 15.2. The molecule has 0 amide bonds. The van der Waals surface area contributed by atoms with Crippen molar-refractivity contribution in [2.24, 2.45) is 0 Å². The number of nitrogens with one attached hydrogen (secondary N) is 1. The average molecular weight is 308 g/mol. The number of ether oxygens (including phenoxy) is 2. The lowest BCUT2D eigenvalue weighted by Crippen LogP contribution is -2.01. The van der Waals surface area contributed by atoms with Crippen molar-refractivity contribution < 1.29 is 9.47 Å². The maximum Gasteiger partial charge on any atom is 0.221 e. The van der Waals surface area contributed by atoms with Gasteiger partial charge in [-0.1, -0.05) is 0 Å². The van der Waals surface area contributed by atoms with Crippen molar-refractivity contribution in [3.8, 4) is 11.6 Å². The summed E-state index contributed by atoms with van der Waals surface area (Å²) in [5.74, 6) is 2.44. The van der Waals surface area contributed by atoms with Crippen LogP contribution in [0.4, 0.5) is 11.5 Å². The van der Waals surface area contributed by atoms with Gasteiger partial charge in [0.2, 0.25) is 5.88 Å². The normalized spacial score (nSPS) is 10.3. The van der Waals surface area contributed by atoms with E-state index in [1.807, 2.05) is 32.0 Å². The second kappa shape index (κ2) is 7.13. The number of benzene rings is 1. The summed E-state index contributed by atoms with van der Waals surface area (Å²) >= 11 is 5.97. The van der Waals surface area contributed by atoms with Gasteiger partial charge in [0.05, 0.1) is 25.2 Å². The molecule has 0 atom stereocenters. The van der Waals surface area contributed by atoms with Crippen molar-refractivity contribution in [1.29, 1.82) is 0 Å². The minimum Gasteiger partial charge on any atom is -0.494 e. The van der Waals surface area contributed by atoms with Gasteiger partial charge < -0.3 is 14.8 Å². The minimum absolute atomic E-state index is 0.386. The van der Waals surface area contributed by atoms with E-state index >= 15 is 0 Å². The molecule has 0 spiro atoms. The molecule has 1 heterocycles.